The number of pyridine rings is 1. The van der Waals surface area contributed by atoms with E-state index in [1.807, 2.05) is 56.3 Å². The Morgan fingerprint density at radius 3 is 2.45 bits per heavy atom. The zero-order valence-corrected chi connectivity index (χ0v) is 21.3. The lowest BCUT2D eigenvalue weighted by molar-refractivity contribution is -0.140. The van der Waals surface area contributed by atoms with Gasteiger partial charge in [-0.1, -0.05) is 66.2 Å². The highest BCUT2D eigenvalue weighted by molar-refractivity contribution is 6.32. The summed E-state index contributed by atoms with van der Waals surface area (Å²) < 4.78 is 42.3. The molecule has 1 atom stereocenters. The molecule has 0 radical (unpaired) electrons. The Labute approximate surface area is 221 Å². The summed E-state index contributed by atoms with van der Waals surface area (Å²) in [7, 11) is 0. The van der Waals surface area contributed by atoms with Gasteiger partial charge >= 0.3 is 12.1 Å². The number of rotatable bonds is 5. The average Bonchev–Trinajstić information content (AvgIpc) is 3.28. The molecule has 0 spiro atoms. The summed E-state index contributed by atoms with van der Waals surface area (Å²) >= 11 is 6.69. The number of nitrogens with zero attached hydrogens (tertiary/aromatic N) is 2. The zero-order chi connectivity index (χ0) is 27.4. The summed E-state index contributed by atoms with van der Waals surface area (Å²) in [4.78, 5) is 27.5. The summed E-state index contributed by atoms with van der Waals surface area (Å²) in [6, 6.07) is 16.8. The molecule has 5 nitrogen and oxygen atoms in total. The molecule has 0 fully saturated rings. The highest BCUT2D eigenvalue weighted by Crippen LogP contribution is 2.44. The first-order chi connectivity index (χ1) is 18.0. The van der Waals surface area contributed by atoms with Gasteiger partial charge < -0.3 is 10.0 Å². The Kier molecular flexibility index (Phi) is 6.47. The van der Waals surface area contributed by atoms with Crippen molar-refractivity contribution >= 4 is 34.2 Å². The Balaban J connectivity index is 1.87. The van der Waals surface area contributed by atoms with Crippen molar-refractivity contribution in [1.29, 1.82) is 0 Å². The Hall–Kier alpha value is -3.78. The number of alkyl halides is 3. The standard InChI is InChI=1S/C29H24ClF3N2O3/c1-16(2)34-15-23(28(37)38)35-26(34)24(19-10-6-11-20(13-19)29(31,32)33)22(25(30)27(35)36)14-18-9-5-8-17-7-3-4-12-21(17)18/h3-13,16,23H,14-15H2,1-2H3,(H,37,38). The van der Waals surface area contributed by atoms with Gasteiger partial charge in [0.05, 0.1) is 12.1 Å². The topological polar surface area (TPSA) is 62.5 Å². The summed E-state index contributed by atoms with van der Waals surface area (Å²) in [6.45, 7) is 3.67. The van der Waals surface area contributed by atoms with Gasteiger partial charge in [-0.3, -0.25) is 9.36 Å². The van der Waals surface area contributed by atoms with Gasteiger partial charge in [0.25, 0.3) is 5.56 Å². The molecule has 9 heteroatoms. The normalized spacial score (nSPS) is 15.3. The second-order valence-corrected chi connectivity index (χ2v) is 10.0. The lowest BCUT2D eigenvalue weighted by Crippen LogP contribution is -2.31. The van der Waals surface area contributed by atoms with Crippen LogP contribution in [0.3, 0.4) is 0 Å². The van der Waals surface area contributed by atoms with Gasteiger partial charge in [-0.05, 0) is 53.4 Å². The smallest absolute Gasteiger partial charge is 0.416 e. The van der Waals surface area contributed by atoms with Crippen molar-refractivity contribution in [2.24, 2.45) is 0 Å². The van der Waals surface area contributed by atoms with E-state index < -0.39 is 29.3 Å². The maximum atomic E-state index is 13.7. The van der Waals surface area contributed by atoms with E-state index in [0.717, 1.165) is 33.0 Å². The number of hydrogen-bond donors (Lipinski definition) is 1. The summed E-state index contributed by atoms with van der Waals surface area (Å²) in [5, 5.41) is 11.6. The Bertz CT molecular complexity index is 1620. The number of halogens is 4. The first kappa shape index (κ1) is 25.9. The third-order valence-corrected chi connectivity index (χ3v) is 7.40. The quantitative estimate of drug-likeness (QED) is 0.303. The van der Waals surface area contributed by atoms with Crippen molar-refractivity contribution in [3.63, 3.8) is 0 Å². The lowest BCUT2D eigenvalue weighted by atomic mass is 9.92. The SMILES string of the molecule is CC(C)N1CC(C(=O)O)n2c1c(-c1cccc(C(F)(F)F)c1)c(Cc1cccc3ccccc13)c(Cl)c2=O. The fourth-order valence-corrected chi connectivity index (χ4v) is 5.48. The predicted molar refractivity (Wildman–Crippen MR) is 142 cm³/mol. The highest BCUT2D eigenvalue weighted by atomic mass is 35.5. The van der Waals surface area contributed by atoms with Crippen LogP contribution in [0.15, 0.2) is 71.5 Å². The number of benzene rings is 3. The van der Waals surface area contributed by atoms with Crippen molar-refractivity contribution < 1.29 is 23.1 Å². The zero-order valence-electron chi connectivity index (χ0n) is 20.6. The molecule has 2 heterocycles. The molecule has 1 aliphatic heterocycles. The largest absolute Gasteiger partial charge is 0.480 e. The van der Waals surface area contributed by atoms with Crippen LogP contribution in [0, 0.1) is 0 Å². The Morgan fingerprint density at radius 1 is 1.08 bits per heavy atom. The first-order valence-electron chi connectivity index (χ1n) is 12.1. The number of carbonyl (C=O) groups is 1. The molecule has 0 bridgehead atoms. The maximum Gasteiger partial charge on any atom is 0.416 e. The summed E-state index contributed by atoms with van der Waals surface area (Å²) in [6.07, 6.45) is -4.43. The molecule has 1 aromatic heterocycles. The minimum atomic E-state index is -4.59. The van der Waals surface area contributed by atoms with E-state index in [2.05, 4.69) is 0 Å². The molecule has 0 saturated carbocycles. The molecule has 5 rings (SSSR count). The van der Waals surface area contributed by atoms with E-state index in [1.165, 1.54) is 12.1 Å². The van der Waals surface area contributed by atoms with E-state index in [4.69, 9.17) is 11.6 Å². The number of anilines is 1. The number of fused-ring (bicyclic) bond motifs is 2. The molecule has 3 aromatic carbocycles. The van der Waals surface area contributed by atoms with Crippen LogP contribution in [0.1, 0.15) is 36.6 Å². The van der Waals surface area contributed by atoms with Crippen LogP contribution >= 0.6 is 11.6 Å². The van der Waals surface area contributed by atoms with Crippen molar-refractivity contribution in [2.75, 3.05) is 11.4 Å². The number of hydrogen-bond acceptors (Lipinski definition) is 3. The van der Waals surface area contributed by atoms with E-state index in [1.54, 1.807) is 4.90 Å². The lowest BCUT2D eigenvalue weighted by Gasteiger charge is -2.27. The monoisotopic (exact) mass is 540 g/mol. The molecular formula is C29H24ClF3N2O3. The van der Waals surface area contributed by atoms with Crippen molar-refractivity contribution in [3.8, 4) is 11.1 Å². The van der Waals surface area contributed by atoms with Crippen LogP contribution in [0.4, 0.5) is 19.0 Å². The van der Waals surface area contributed by atoms with Crippen LogP contribution in [-0.4, -0.2) is 28.2 Å². The fraction of sp³-hybridized carbons (Fsp3) is 0.241. The first-order valence-corrected chi connectivity index (χ1v) is 12.5. The van der Waals surface area contributed by atoms with Gasteiger partial charge in [0.1, 0.15) is 10.8 Å². The van der Waals surface area contributed by atoms with Crippen LogP contribution in [0.25, 0.3) is 21.9 Å². The molecule has 1 aliphatic rings. The third kappa shape index (κ3) is 4.32. The molecule has 38 heavy (non-hydrogen) atoms. The molecular weight excluding hydrogens is 517 g/mol. The molecule has 0 saturated heterocycles. The number of carboxylic acids is 1. The van der Waals surface area contributed by atoms with Crippen LogP contribution < -0.4 is 10.5 Å². The van der Waals surface area contributed by atoms with E-state index in [-0.39, 0.29) is 35.4 Å². The molecule has 4 aromatic rings. The van der Waals surface area contributed by atoms with Crippen molar-refractivity contribution in [3.05, 3.63) is 98.8 Å². The van der Waals surface area contributed by atoms with Gasteiger partial charge in [0, 0.05) is 18.0 Å². The Morgan fingerprint density at radius 2 is 1.76 bits per heavy atom. The third-order valence-electron chi connectivity index (χ3n) is 7.01. The second-order valence-electron chi connectivity index (χ2n) is 9.66. The maximum absolute atomic E-state index is 13.7. The van der Waals surface area contributed by atoms with Crippen molar-refractivity contribution in [1.82, 2.24) is 4.57 Å². The molecule has 0 aliphatic carbocycles. The number of aliphatic carboxylic acids is 1. The molecule has 0 amide bonds. The predicted octanol–water partition coefficient (Wildman–Crippen LogP) is 6.79. The van der Waals surface area contributed by atoms with Crippen LogP contribution in [0.2, 0.25) is 5.02 Å². The minimum absolute atomic E-state index is 0.0117. The average molecular weight is 541 g/mol. The van der Waals surface area contributed by atoms with Gasteiger partial charge in [0.15, 0.2) is 6.04 Å². The molecule has 1 unspecified atom stereocenters. The van der Waals surface area contributed by atoms with E-state index in [0.29, 0.717) is 11.1 Å². The van der Waals surface area contributed by atoms with Crippen molar-refractivity contribution in [2.45, 2.75) is 38.5 Å². The fourth-order valence-electron chi connectivity index (χ4n) is 5.22. The molecule has 196 valence electrons. The minimum Gasteiger partial charge on any atom is -0.480 e. The van der Waals surface area contributed by atoms with Gasteiger partial charge in [-0.25, -0.2) is 4.79 Å². The number of carboxylic acid groups (broad SMARTS) is 1. The van der Waals surface area contributed by atoms with Crippen LogP contribution in [-0.2, 0) is 17.4 Å². The van der Waals surface area contributed by atoms with Gasteiger partial charge in [0.2, 0.25) is 0 Å². The van der Waals surface area contributed by atoms with Gasteiger partial charge in [-0.15, -0.1) is 0 Å². The van der Waals surface area contributed by atoms with E-state index >= 15 is 0 Å². The highest BCUT2D eigenvalue weighted by Gasteiger charge is 2.40. The van der Waals surface area contributed by atoms with E-state index in [9.17, 15) is 27.9 Å². The summed E-state index contributed by atoms with van der Waals surface area (Å²) in [5.74, 6) is -0.958. The molecule has 1 N–H and O–H groups in total. The second kappa shape index (κ2) is 9.51. The van der Waals surface area contributed by atoms with Crippen LogP contribution in [0.5, 0.6) is 0 Å². The van der Waals surface area contributed by atoms with Gasteiger partial charge in [-0.2, -0.15) is 13.2 Å². The number of aromatic nitrogens is 1. The summed E-state index contributed by atoms with van der Waals surface area (Å²) in [5.41, 5.74) is 0.199.